The van der Waals surface area contributed by atoms with Crippen LogP contribution in [0.3, 0.4) is 0 Å². The van der Waals surface area contributed by atoms with E-state index in [2.05, 4.69) is 22.9 Å². The number of hydrogen-bond acceptors (Lipinski definition) is 2. The summed E-state index contributed by atoms with van der Waals surface area (Å²) in [6, 6.07) is 5.04. The second kappa shape index (κ2) is 5.95. The van der Waals surface area contributed by atoms with E-state index in [4.69, 9.17) is 5.73 Å². The van der Waals surface area contributed by atoms with E-state index in [-0.39, 0.29) is 5.91 Å². The Kier molecular flexibility index (Phi) is 4.48. The fourth-order valence-corrected chi connectivity index (χ4v) is 3.15. The van der Waals surface area contributed by atoms with Crippen LogP contribution in [0.25, 0.3) is 0 Å². The van der Waals surface area contributed by atoms with Crippen LogP contribution in [-0.4, -0.2) is 29.3 Å². The van der Waals surface area contributed by atoms with Crippen LogP contribution in [0, 0.1) is 12.8 Å². The number of benzene rings is 1. The number of nitrogens with two attached hydrogens (primary N) is 1. The fourth-order valence-electron chi connectivity index (χ4n) is 2.68. The Morgan fingerprint density at radius 1 is 1.40 bits per heavy atom. The number of carbonyl (C=O) groups excluding carboxylic acids is 2. The summed E-state index contributed by atoms with van der Waals surface area (Å²) in [7, 11) is 0. The third-order valence-corrected chi connectivity index (χ3v) is 4.37. The summed E-state index contributed by atoms with van der Waals surface area (Å²) in [5.41, 5.74) is 6.99. The van der Waals surface area contributed by atoms with Gasteiger partial charge >= 0.3 is 0 Å². The predicted molar refractivity (Wildman–Crippen MR) is 81.3 cm³/mol. The molecule has 1 aromatic rings. The highest BCUT2D eigenvalue weighted by Crippen LogP contribution is 2.25. The van der Waals surface area contributed by atoms with Crippen LogP contribution in [0.4, 0.5) is 0 Å². The monoisotopic (exact) mass is 338 g/mol. The molecule has 0 radical (unpaired) electrons. The Labute approximate surface area is 127 Å². The molecule has 4 nitrogen and oxygen atoms in total. The molecule has 1 fully saturated rings. The molecule has 5 heteroatoms. The lowest BCUT2D eigenvalue weighted by molar-refractivity contribution is -0.124. The van der Waals surface area contributed by atoms with Gasteiger partial charge in [-0.25, -0.2) is 0 Å². The molecule has 1 saturated heterocycles. The molecule has 0 aromatic heterocycles. The van der Waals surface area contributed by atoms with Crippen molar-refractivity contribution in [1.82, 2.24) is 4.90 Å². The SMILES string of the molecule is Cc1cc(Br)ccc1C(=O)N1CC[C@@H](C)C[C@H]1C(N)=O. The maximum Gasteiger partial charge on any atom is 0.254 e. The normalized spacial score (nSPS) is 22.6. The number of carbonyl (C=O) groups is 2. The second-order valence-electron chi connectivity index (χ2n) is 5.51. The molecular weight excluding hydrogens is 320 g/mol. The summed E-state index contributed by atoms with van der Waals surface area (Å²) in [6.45, 7) is 4.57. The van der Waals surface area contributed by atoms with Gasteiger partial charge < -0.3 is 10.6 Å². The first-order valence-corrected chi connectivity index (χ1v) is 7.56. The van der Waals surface area contributed by atoms with Gasteiger partial charge in [-0.3, -0.25) is 9.59 Å². The topological polar surface area (TPSA) is 63.4 Å². The third-order valence-electron chi connectivity index (χ3n) is 3.87. The molecule has 0 spiro atoms. The number of primary amides is 1. The number of nitrogens with zero attached hydrogens (tertiary/aromatic N) is 1. The van der Waals surface area contributed by atoms with E-state index in [1.807, 2.05) is 19.1 Å². The van der Waals surface area contributed by atoms with Crippen LogP contribution in [0.15, 0.2) is 22.7 Å². The molecule has 108 valence electrons. The average Bonchev–Trinajstić information content (AvgIpc) is 2.37. The summed E-state index contributed by atoms with van der Waals surface area (Å²) in [5, 5.41) is 0. The molecule has 20 heavy (non-hydrogen) atoms. The van der Waals surface area contributed by atoms with Crippen LogP contribution in [0.2, 0.25) is 0 Å². The van der Waals surface area contributed by atoms with Crippen LogP contribution >= 0.6 is 15.9 Å². The number of aryl methyl sites for hydroxylation is 1. The molecule has 1 aliphatic rings. The van der Waals surface area contributed by atoms with Crippen molar-refractivity contribution < 1.29 is 9.59 Å². The molecule has 1 heterocycles. The molecule has 0 bridgehead atoms. The molecule has 2 rings (SSSR count). The number of rotatable bonds is 2. The Hall–Kier alpha value is -1.36. The zero-order valence-electron chi connectivity index (χ0n) is 11.7. The van der Waals surface area contributed by atoms with E-state index < -0.39 is 11.9 Å². The minimum Gasteiger partial charge on any atom is -0.368 e. The number of halogens is 1. The maximum absolute atomic E-state index is 12.7. The van der Waals surface area contributed by atoms with E-state index in [9.17, 15) is 9.59 Å². The van der Waals surface area contributed by atoms with E-state index >= 15 is 0 Å². The summed E-state index contributed by atoms with van der Waals surface area (Å²) < 4.78 is 0.935. The van der Waals surface area contributed by atoms with Gasteiger partial charge in [-0.1, -0.05) is 22.9 Å². The number of amides is 2. The van der Waals surface area contributed by atoms with E-state index in [1.165, 1.54) is 0 Å². The number of hydrogen-bond donors (Lipinski definition) is 1. The molecule has 2 atom stereocenters. The standard InChI is InChI=1S/C15H19BrN2O2/c1-9-5-6-18(13(7-9)14(17)19)15(20)12-4-3-11(16)8-10(12)2/h3-4,8-9,13H,5-7H2,1-2H3,(H2,17,19)/t9-,13+/m1/s1. The van der Waals surface area contributed by atoms with E-state index in [0.717, 1.165) is 16.5 Å². The summed E-state index contributed by atoms with van der Waals surface area (Å²) in [5.74, 6) is -0.104. The lowest BCUT2D eigenvalue weighted by Crippen LogP contribution is -2.52. The van der Waals surface area contributed by atoms with Gasteiger partial charge in [0.2, 0.25) is 5.91 Å². The van der Waals surface area contributed by atoms with E-state index in [0.29, 0.717) is 24.4 Å². The summed E-state index contributed by atoms with van der Waals surface area (Å²) in [6.07, 6.45) is 1.56. The largest absolute Gasteiger partial charge is 0.368 e. The van der Waals surface area contributed by atoms with Gasteiger partial charge in [0.05, 0.1) is 0 Å². The first kappa shape index (κ1) is 15.0. The van der Waals surface area contributed by atoms with Gasteiger partial charge in [0.1, 0.15) is 6.04 Å². The summed E-state index contributed by atoms with van der Waals surface area (Å²) in [4.78, 5) is 25.9. The Balaban J connectivity index is 2.28. The average molecular weight is 339 g/mol. The minimum absolute atomic E-state index is 0.106. The molecule has 1 aliphatic heterocycles. The summed E-state index contributed by atoms with van der Waals surface area (Å²) >= 11 is 3.39. The molecular formula is C15H19BrN2O2. The van der Waals surface area contributed by atoms with Crippen molar-refractivity contribution in [2.75, 3.05) is 6.54 Å². The molecule has 1 aromatic carbocycles. The quantitative estimate of drug-likeness (QED) is 0.900. The molecule has 0 saturated carbocycles. The van der Waals surface area contributed by atoms with Gasteiger partial charge in [0.25, 0.3) is 5.91 Å². The van der Waals surface area contributed by atoms with Crippen molar-refractivity contribution in [3.63, 3.8) is 0 Å². The number of piperidine rings is 1. The first-order chi connectivity index (χ1) is 9.40. The first-order valence-electron chi connectivity index (χ1n) is 6.76. The highest BCUT2D eigenvalue weighted by atomic mass is 79.9. The van der Waals surface area contributed by atoms with Gasteiger partial charge in [-0.05, 0) is 49.4 Å². The maximum atomic E-state index is 12.7. The zero-order chi connectivity index (χ0) is 14.9. The highest BCUT2D eigenvalue weighted by Gasteiger charge is 2.34. The van der Waals surface area contributed by atoms with Gasteiger partial charge in [-0.15, -0.1) is 0 Å². The molecule has 0 aliphatic carbocycles. The highest BCUT2D eigenvalue weighted by molar-refractivity contribution is 9.10. The Morgan fingerprint density at radius 3 is 2.70 bits per heavy atom. The Bertz CT molecular complexity index is 545. The van der Waals surface area contributed by atoms with Gasteiger partial charge in [-0.2, -0.15) is 0 Å². The van der Waals surface area contributed by atoms with Crippen LogP contribution in [0.1, 0.15) is 35.7 Å². The van der Waals surface area contributed by atoms with E-state index in [1.54, 1.807) is 11.0 Å². The van der Waals surface area contributed by atoms with Crippen LogP contribution in [0.5, 0.6) is 0 Å². The van der Waals surface area contributed by atoms with Crippen LogP contribution in [-0.2, 0) is 4.79 Å². The van der Waals surface area contributed by atoms with Crippen molar-refractivity contribution in [1.29, 1.82) is 0 Å². The lowest BCUT2D eigenvalue weighted by Gasteiger charge is -2.37. The van der Waals surface area contributed by atoms with Gasteiger partial charge in [0, 0.05) is 16.6 Å². The van der Waals surface area contributed by atoms with Crippen molar-refractivity contribution in [3.05, 3.63) is 33.8 Å². The molecule has 2 amide bonds. The Morgan fingerprint density at radius 2 is 2.10 bits per heavy atom. The predicted octanol–water partition coefficient (Wildman–Crippen LogP) is 2.48. The third kappa shape index (κ3) is 3.03. The smallest absolute Gasteiger partial charge is 0.254 e. The number of likely N-dealkylation sites (tertiary alicyclic amines) is 1. The van der Waals surface area contributed by atoms with Gasteiger partial charge in [0.15, 0.2) is 0 Å². The molecule has 0 unspecified atom stereocenters. The zero-order valence-corrected chi connectivity index (χ0v) is 13.3. The lowest BCUT2D eigenvalue weighted by atomic mass is 9.91. The second-order valence-corrected chi connectivity index (χ2v) is 6.42. The van der Waals surface area contributed by atoms with Crippen molar-refractivity contribution in [2.45, 2.75) is 32.7 Å². The van der Waals surface area contributed by atoms with Crippen molar-refractivity contribution in [2.24, 2.45) is 11.7 Å². The van der Waals surface area contributed by atoms with Crippen molar-refractivity contribution in [3.8, 4) is 0 Å². The van der Waals surface area contributed by atoms with Crippen LogP contribution < -0.4 is 5.73 Å². The minimum atomic E-state index is -0.491. The molecule has 2 N–H and O–H groups in total. The van der Waals surface area contributed by atoms with Crippen molar-refractivity contribution >= 4 is 27.7 Å². The fraction of sp³-hybridized carbons (Fsp3) is 0.467.